The van der Waals surface area contributed by atoms with Crippen molar-refractivity contribution >= 4 is 17.7 Å². The van der Waals surface area contributed by atoms with Crippen LogP contribution in [0.5, 0.6) is 0 Å². The minimum atomic E-state index is -0.431. The second-order valence-electron chi connectivity index (χ2n) is 6.24. The molecule has 0 aliphatic carbocycles. The van der Waals surface area contributed by atoms with Gasteiger partial charge in [0.2, 0.25) is 11.8 Å². The van der Waals surface area contributed by atoms with E-state index in [9.17, 15) is 18.8 Å². The first-order chi connectivity index (χ1) is 11.5. The Balaban J connectivity index is 1.58. The molecule has 0 aromatic heterocycles. The molecule has 1 aromatic carbocycles. The molecule has 3 rings (SSSR count). The minimum absolute atomic E-state index is 0.0782. The molecule has 6 nitrogen and oxygen atoms in total. The van der Waals surface area contributed by atoms with Crippen LogP contribution in [0, 0.1) is 12.7 Å². The van der Waals surface area contributed by atoms with Gasteiger partial charge in [0.1, 0.15) is 11.9 Å². The molecule has 24 heavy (non-hydrogen) atoms. The number of rotatable bonds is 2. The summed E-state index contributed by atoms with van der Waals surface area (Å²) in [6, 6.07) is 3.89. The fourth-order valence-electron chi connectivity index (χ4n) is 3.11. The molecule has 0 radical (unpaired) electrons. The lowest BCUT2D eigenvalue weighted by Gasteiger charge is -2.36. The van der Waals surface area contributed by atoms with E-state index in [1.165, 1.54) is 12.1 Å². The maximum atomic E-state index is 13.3. The first-order valence-corrected chi connectivity index (χ1v) is 8.09. The van der Waals surface area contributed by atoms with Crippen molar-refractivity contribution in [3.63, 3.8) is 0 Å². The van der Waals surface area contributed by atoms with Crippen molar-refractivity contribution in [2.45, 2.75) is 25.8 Å². The Labute approximate surface area is 139 Å². The summed E-state index contributed by atoms with van der Waals surface area (Å²) in [5.41, 5.74) is 0.892. The smallest absolute Gasteiger partial charge is 0.253 e. The van der Waals surface area contributed by atoms with Gasteiger partial charge in [0.15, 0.2) is 0 Å². The van der Waals surface area contributed by atoms with Crippen LogP contribution in [0.1, 0.15) is 28.8 Å². The number of nitrogens with zero attached hydrogens (tertiary/aromatic N) is 2. The maximum Gasteiger partial charge on any atom is 0.253 e. The summed E-state index contributed by atoms with van der Waals surface area (Å²) in [7, 11) is 0. The zero-order valence-corrected chi connectivity index (χ0v) is 13.5. The van der Waals surface area contributed by atoms with Crippen molar-refractivity contribution in [3.05, 3.63) is 35.1 Å². The highest BCUT2D eigenvalue weighted by Crippen LogP contribution is 2.15. The van der Waals surface area contributed by atoms with Crippen LogP contribution in [-0.4, -0.2) is 59.7 Å². The molecule has 1 unspecified atom stereocenters. The van der Waals surface area contributed by atoms with Gasteiger partial charge in [0.25, 0.3) is 5.91 Å². The SMILES string of the molecule is Cc1cc(C(=O)N2CCN(C(=O)C3CCC(=O)N3)CC2)ccc1F. The third-order valence-electron chi connectivity index (χ3n) is 4.58. The Kier molecular flexibility index (Phi) is 4.51. The lowest BCUT2D eigenvalue weighted by molar-refractivity contribution is -0.135. The van der Waals surface area contributed by atoms with Gasteiger partial charge in [0, 0.05) is 38.2 Å². The van der Waals surface area contributed by atoms with Crippen LogP contribution in [0.4, 0.5) is 4.39 Å². The lowest BCUT2D eigenvalue weighted by atomic mass is 10.1. The summed E-state index contributed by atoms with van der Waals surface area (Å²) < 4.78 is 13.3. The zero-order valence-electron chi connectivity index (χ0n) is 13.5. The molecule has 1 atom stereocenters. The van der Waals surface area contributed by atoms with Gasteiger partial charge in [-0.3, -0.25) is 14.4 Å². The Bertz CT molecular complexity index is 684. The van der Waals surface area contributed by atoms with Crippen LogP contribution in [0.15, 0.2) is 18.2 Å². The van der Waals surface area contributed by atoms with E-state index in [0.29, 0.717) is 50.1 Å². The Morgan fingerprint density at radius 1 is 1.17 bits per heavy atom. The van der Waals surface area contributed by atoms with E-state index in [0.717, 1.165) is 0 Å². The van der Waals surface area contributed by atoms with E-state index in [4.69, 9.17) is 0 Å². The molecule has 2 fully saturated rings. The molecule has 0 bridgehead atoms. The van der Waals surface area contributed by atoms with Gasteiger partial charge in [-0.25, -0.2) is 4.39 Å². The average Bonchev–Trinajstić information content (AvgIpc) is 3.02. The number of carbonyl (C=O) groups excluding carboxylic acids is 3. The summed E-state index contributed by atoms with van der Waals surface area (Å²) in [4.78, 5) is 39.4. The van der Waals surface area contributed by atoms with Crippen LogP contribution in [-0.2, 0) is 9.59 Å². The van der Waals surface area contributed by atoms with Gasteiger partial charge in [-0.1, -0.05) is 0 Å². The Morgan fingerprint density at radius 2 is 1.83 bits per heavy atom. The molecule has 2 aliphatic rings. The molecular formula is C17H20FN3O3. The van der Waals surface area contributed by atoms with Crippen LogP contribution in [0.3, 0.4) is 0 Å². The fourth-order valence-corrected chi connectivity index (χ4v) is 3.11. The predicted molar refractivity (Wildman–Crippen MR) is 84.8 cm³/mol. The van der Waals surface area contributed by atoms with Crippen LogP contribution >= 0.6 is 0 Å². The second kappa shape index (κ2) is 6.59. The first kappa shape index (κ1) is 16.4. The van der Waals surface area contributed by atoms with Crippen LogP contribution < -0.4 is 5.32 Å². The number of halogens is 1. The number of aryl methyl sites for hydroxylation is 1. The van der Waals surface area contributed by atoms with Crippen LogP contribution in [0.2, 0.25) is 0 Å². The summed E-state index contributed by atoms with van der Waals surface area (Å²) in [6.07, 6.45) is 0.921. The molecule has 3 amide bonds. The quantitative estimate of drug-likeness (QED) is 0.866. The third kappa shape index (κ3) is 3.25. The Hall–Kier alpha value is -2.44. The summed E-state index contributed by atoms with van der Waals surface area (Å²) >= 11 is 0. The van der Waals surface area contributed by atoms with E-state index >= 15 is 0 Å². The van der Waals surface area contributed by atoms with E-state index in [1.54, 1.807) is 22.8 Å². The molecular weight excluding hydrogens is 313 g/mol. The largest absolute Gasteiger partial charge is 0.344 e. The van der Waals surface area contributed by atoms with Crippen molar-refractivity contribution in [2.24, 2.45) is 0 Å². The monoisotopic (exact) mass is 333 g/mol. The topological polar surface area (TPSA) is 69.7 Å². The number of piperazine rings is 1. The second-order valence-corrected chi connectivity index (χ2v) is 6.24. The highest BCUT2D eigenvalue weighted by atomic mass is 19.1. The van der Waals surface area contributed by atoms with E-state index in [-0.39, 0.29) is 23.5 Å². The van der Waals surface area contributed by atoms with Gasteiger partial charge in [0.05, 0.1) is 0 Å². The van der Waals surface area contributed by atoms with E-state index < -0.39 is 6.04 Å². The number of nitrogens with one attached hydrogen (secondary N) is 1. The highest BCUT2D eigenvalue weighted by molar-refractivity contribution is 5.95. The molecule has 0 spiro atoms. The third-order valence-corrected chi connectivity index (χ3v) is 4.58. The van der Waals surface area contributed by atoms with Gasteiger partial charge in [-0.2, -0.15) is 0 Å². The number of amides is 3. The molecule has 7 heteroatoms. The summed E-state index contributed by atoms with van der Waals surface area (Å²) in [5, 5.41) is 2.68. The minimum Gasteiger partial charge on any atom is -0.344 e. The van der Waals surface area contributed by atoms with Crippen molar-refractivity contribution in [1.82, 2.24) is 15.1 Å². The summed E-state index contributed by atoms with van der Waals surface area (Å²) in [6.45, 7) is 3.37. The summed E-state index contributed by atoms with van der Waals surface area (Å²) in [5.74, 6) is -0.653. The molecule has 1 aromatic rings. The molecule has 0 saturated carbocycles. The normalized spacial score (nSPS) is 20.9. The first-order valence-electron chi connectivity index (χ1n) is 8.09. The number of hydrogen-bond acceptors (Lipinski definition) is 3. The van der Waals surface area contributed by atoms with Crippen LogP contribution in [0.25, 0.3) is 0 Å². The van der Waals surface area contributed by atoms with Crippen molar-refractivity contribution in [1.29, 1.82) is 0 Å². The molecule has 128 valence electrons. The number of benzene rings is 1. The molecule has 2 heterocycles. The van der Waals surface area contributed by atoms with Gasteiger partial charge >= 0.3 is 0 Å². The number of hydrogen-bond donors (Lipinski definition) is 1. The maximum absolute atomic E-state index is 13.3. The van der Waals surface area contributed by atoms with Gasteiger partial charge in [-0.05, 0) is 37.1 Å². The predicted octanol–water partition coefficient (Wildman–Crippen LogP) is 0.697. The van der Waals surface area contributed by atoms with Gasteiger partial charge < -0.3 is 15.1 Å². The lowest BCUT2D eigenvalue weighted by Crippen LogP contribution is -2.54. The fraction of sp³-hybridized carbons (Fsp3) is 0.471. The number of carbonyl (C=O) groups is 3. The molecule has 1 N–H and O–H groups in total. The van der Waals surface area contributed by atoms with E-state index in [2.05, 4.69) is 5.32 Å². The average molecular weight is 333 g/mol. The van der Waals surface area contributed by atoms with Crippen molar-refractivity contribution in [2.75, 3.05) is 26.2 Å². The zero-order chi connectivity index (χ0) is 17.3. The standard InChI is InChI=1S/C17H20FN3O3/c1-11-10-12(2-3-13(11)18)16(23)20-6-8-21(9-7-20)17(24)14-4-5-15(22)19-14/h2-3,10,14H,4-9H2,1H3,(H,19,22). The molecule has 2 saturated heterocycles. The molecule has 2 aliphatic heterocycles. The van der Waals surface area contributed by atoms with Gasteiger partial charge in [-0.15, -0.1) is 0 Å². The van der Waals surface area contributed by atoms with Crippen molar-refractivity contribution < 1.29 is 18.8 Å². The Morgan fingerprint density at radius 3 is 2.42 bits per heavy atom. The van der Waals surface area contributed by atoms with Crippen molar-refractivity contribution in [3.8, 4) is 0 Å². The highest BCUT2D eigenvalue weighted by Gasteiger charge is 2.33. The van der Waals surface area contributed by atoms with E-state index in [1.807, 2.05) is 0 Å².